The average molecular weight is 236 g/mol. The second-order valence-corrected chi connectivity index (χ2v) is 4.60. The second kappa shape index (κ2) is 4.07. The molecule has 0 fully saturated rings. The van der Waals surface area contributed by atoms with Gasteiger partial charge in [-0.3, -0.25) is 15.2 Å². The molecule has 1 amide bonds. The number of hydrogen-bond donors (Lipinski definition) is 2. The number of hydrogen-bond acceptors (Lipinski definition) is 5. The summed E-state index contributed by atoms with van der Waals surface area (Å²) in [7, 11) is 3.51. The Bertz CT molecular complexity index is 535. The molecule has 0 aliphatic rings. The fourth-order valence-electron chi connectivity index (χ4n) is 1.39. The largest absolute Gasteiger partial charge is 0.397 e. The standard InChI is InChI=1S/C10H12N4OS/c1-14(2)13-10(15)9-8(11)6-3-4-12-5-7(6)16-9/h3-5H,11H2,1-2H3,(H,13,15). The van der Waals surface area contributed by atoms with E-state index in [1.54, 1.807) is 31.5 Å². The molecule has 0 radical (unpaired) electrons. The lowest BCUT2D eigenvalue weighted by molar-refractivity contribution is 0.0862. The third-order valence-corrected chi connectivity index (χ3v) is 3.22. The normalized spacial score (nSPS) is 10.9. The highest BCUT2D eigenvalue weighted by Crippen LogP contribution is 2.32. The summed E-state index contributed by atoms with van der Waals surface area (Å²) in [6.45, 7) is 0. The lowest BCUT2D eigenvalue weighted by atomic mass is 10.2. The van der Waals surface area contributed by atoms with Gasteiger partial charge in [0.05, 0.1) is 10.4 Å². The average Bonchev–Trinajstić information content (AvgIpc) is 2.56. The van der Waals surface area contributed by atoms with Gasteiger partial charge in [-0.2, -0.15) is 0 Å². The Balaban J connectivity index is 2.45. The zero-order valence-corrected chi connectivity index (χ0v) is 9.84. The summed E-state index contributed by atoms with van der Waals surface area (Å²) in [6.07, 6.45) is 3.38. The minimum atomic E-state index is -0.191. The number of nitrogen functional groups attached to an aromatic ring is 1. The molecule has 2 aromatic heterocycles. The van der Waals surface area contributed by atoms with E-state index >= 15 is 0 Å². The molecule has 0 aliphatic carbocycles. The van der Waals surface area contributed by atoms with Crippen molar-refractivity contribution in [2.24, 2.45) is 0 Å². The first-order chi connectivity index (χ1) is 7.59. The molecule has 16 heavy (non-hydrogen) atoms. The van der Waals surface area contributed by atoms with Crippen molar-refractivity contribution in [3.8, 4) is 0 Å². The molecule has 6 heteroatoms. The highest BCUT2D eigenvalue weighted by atomic mass is 32.1. The number of anilines is 1. The zero-order valence-electron chi connectivity index (χ0n) is 9.02. The molecule has 5 nitrogen and oxygen atoms in total. The first kappa shape index (κ1) is 10.8. The first-order valence-electron chi connectivity index (χ1n) is 4.70. The molecular formula is C10H12N4OS. The van der Waals surface area contributed by atoms with Crippen LogP contribution in [-0.4, -0.2) is 30.0 Å². The van der Waals surface area contributed by atoms with Gasteiger partial charge in [0.15, 0.2) is 0 Å². The van der Waals surface area contributed by atoms with Crippen LogP contribution >= 0.6 is 11.3 Å². The highest BCUT2D eigenvalue weighted by molar-refractivity contribution is 7.21. The van der Waals surface area contributed by atoms with E-state index in [1.165, 1.54) is 11.3 Å². The number of thiophene rings is 1. The van der Waals surface area contributed by atoms with Gasteiger partial charge in [-0.1, -0.05) is 0 Å². The van der Waals surface area contributed by atoms with Crippen molar-refractivity contribution in [3.63, 3.8) is 0 Å². The van der Waals surface area contributed by atoms with Gasteiger partial charge in [0.1, 0.15) is 4.88 Å². The molecule has 0 saturated heterocycles. The molecule has 0 atom stereocenters. The van der Waals surface area contributed by atoms with Gasteiger partial charge >= 0.3 is 0 Å². The fraction of sp³-hybridized carbons (Fsp3) is 0.200. The maximum Gasteiger partial charge on any atom is 0.277 e. The lowest BCUT2D eigenvalue weighted by Gasteiger charge is -2.10. The summed E-state index contributed by atoms with van der Waals surface area (Å²) in [4.78, 5) is 16.3. The topological polar surface area (TPSA) is 71.2 Å². The van der Waals surface area contributed by atoms with E-state index in [1.807, 2.05) is 6.07 Å². The predicted molar refractivity (Wildman–Crippen MR) is 65.2 cm³/mol. The maximum atomic E-state index is 11.8. The number of nitrogens with two attached hydrogens (primary N) is 1. The third kappa shape index (κ3) is 1.84. The van der Waals surface area contributed by atoms with Crippen LogP contribution in [0.25, 0.3) is 10.1 Å². The van der Waals surface area contributed by atoms with Crippen molar-refractivity contribution in [1.29, 1.82) is 0 Å². The Kier molecular flexibility index (Phi) is 2.76. The van der Waals surface area contributed by atoms with Gasteiger partial charge < -0.3 is 5.73 Å². The molecule has 0 saturated carbocycles. The zero-order chi connectivity index (χ0) is 11.7. The van der Waals surface area contributed by atoms with E-state index in [2.05, 4.69) is 10.4 Å². The maximum absolute atomic E-state index is 11.8. The number of hydrazine groups is 1. The Morgan fingerprint density at radius 1 is 1.56 bits per heavy atom. The molecule has 3 N–H and O–H groups in total. The summed E-state index contributed by atoms with van der Waals surface area (Å²) < 4.78 is 0.920. The monoisotopic (exact) mass is 236 g/mol. The lowest BCUT2D eigenvalue weighted by Crippen LogP contribution is -2.35. The minimum Gasteiger partial charge on any atom is -0.397 e. The molecule has 0 spiro atoms. The van der Waals surface area contributed by atoms with E-state index in [0.29, 0.717) is 10.6 Å². The van der Waals surface area contributed by atoms with E-state index in [0.717, 1.165) is 10.1 Å². The highest BCUT2D eigenvalue weighted by Gasteiger charge is 2.16. The molecule has 2 heterocycles. The number of nitrogens with one attached hydrogen (secondary N) is 1. The van der Waals surface area contributed by atoms with Crippen LogP contribution in [-0.2, 0) is 0 Å². The number of carbonyl (C=O) groups excluding carboxylic acids is 1. The van der Waals surface area contributed by atoms with Crippen LogP contribution in [0, 0.1) is 0 Å². The summed E-state index contributed by atoms with van der Waals surface area (Å²) in [5.74, 6) is -0.191. The number of carbonyl (C=O) groups is 1. The quantitative estimate of drug-likeness (QED) is 0.766. The molecule has 0 aromatic carbocycles. The van der Waals surface area contributed by atoms with Crippen molar-refractivity contribution < 1.29 is 4.79 Å². The predicted octanol–water partition coefficient (Wildman–Crippen LogP) is 1.08. The van der Waals surface area contributed by atoms with Gasteiger partial charge in [-0.25, -0.2) is 5.01 Å². The molecule has 0 unspecified atom stereocenters. The van der Waals surface area contributed by atoms with Crippen LogP contribution in [0.15, 0.2) is 18.5 Å². The molecule has 0 bridgehead atoms. The Hall–Kier alpha value is -1.66. The number of amides is 1. The Morgan fingerprint density at radius 3 is 2.94 bits per heavy atom. The third-order valence-electron chi connectivity index (χ3n) is 2.06. The Morgan fingerprint density at radius 2 is 2.31 bits per heavy atom. The summed E-state index contributed by atoms with van der Waals surface area (Å²) in [5.41, 5.74) is 9.10. The summed E-state index contributed by atoms with van der Waals surface area (Å²) >= 11 is 1.35. The van der Waals surface area contributed by atoms with Crippen LogP contribution in [0.3, 0.4) is 0 Å². The van der Waals surface area contributed by atoms with Crippen molar-refractivity contribution in [2.45, 2.75) is 0 Å². The van der Waals surface area contributed by atoms with Crippen LogP contribution in [0.1, 0.15) is 9.67 Å². The van der Waals surface area contributed by atoms with Crippen LogP contribution in [0.2, 0.25) is 0 Å². The van der Waals surface area contributed by atoms with Crippen molar-refractivity contribution in [2.75, 3.05) is 19.8 Å². The molecule has 0 aliphatic heterocycles. The van der Waals surface area contributed by atoms with Crippen molar-refractivity contribution in [1.82, 2.24) is 15.4 Å². The van der Waals surface area contributed by atoms with Gasteiger partial charge in [0, 0.05) is 31.9 Å². The smallest absolute Gasteiger partial charge is 0.277 e. The van der Waals surface area contributed by atoms with E-state index in [9.17, 15) is 4.79 Å². The molecule has 2 aromatic rings. The van der Waals surface area contributed by atoms with Crippen LogP contribution in [0.4, 0.5) is 5.69 Å². The van der Waals surface area contributed by atoms with E-state index < -0.39 is 0 Å². The minimum absolute atomic E-state index is 0.191. The molecular weight excluding hydrogens is 224 g/mol. The number of rotatable bonds is 2. The first-order valence-corrected chi connectivity index (χ1v) is 5.51. The van der Waals surface area contributed by atoms with Gasteiger partial charge in [-0.15, -0.1) is 11.3 Å². The Labute approximate surface area is 96.8 Å². The molecule has 2 rings (SSSR count). The number of aromatic nitrogens is 1. The number of nitrogens with zero attached hydrogens (tertiary/aromatic N) is 2. The fourth-order valence-corrected chi connectivity index (χ4v) is 2.37. The van der Waals surface area contributed by atoms with Gasteiger partial charge in [0.2, 0.25) is 0 Å². The van der Waals surface area contributed by atoms with Gasteiger partial charge in [-0.05, 0) is 6.07 Å². The van der Waals surface area contributed by atoms with Crippen LogP contribution in [0.5, 0.6) is 0 Å². The van der Waals surface area contributed by atoms with Crippen molar-refractivity contribution in [3.05, 3.63) is 23.3 Å². The number of pyridine rings is 1. The summed E-state index contributed by atoms with van der Waals surface area (Å²) in [6, 6.07) is 1.81. The van der Waals surface area contributed by atoms with E-state index in [4.69, 9.17) is 5.73 Å². The van der Waals surface area contributed by atoms with Crippen molar-refractivity contribution >= 4 is 33.0 Å². The van der Waals surface area contributed by atoms with E-state index in [-0.39, 0.29) is 5.91 Å². The SMILES string of the molecule is CN(C)NC(=O)c1sc2cnccc2c1N. The number of fused-ring (bicyclic) bond motifs is 1. The van der Waals surface area contributed by atoms with Crippen LogP contribution < -0.4 is 11.2 Å². The second-order valence-electron chi connectivity index (χ2n) is 3.55. The molecule has 84 valence electrons. The summed E-state index contributed by atoms with van der Waals surface area (Å²) in [5, 5.41) is 2.47. The van der Waals surface area contributed by atoms with Gasteiger partial charge in [0.25, 0.3) is 5.91 Å².